The van der Waals surface area contributed by atoms with Crippen LogP contribution in [-0.2, 0) is 14.3 Å². The molecule has 11 nitrogen and oxygen atoms in total. The number of hydrogen-bond acceptors (Lipinski definition) is 7. The Balaban J connectivity index is 1.67. The quantitative estimate of drug-likeness (QED) is 0.478. The largest absolute Gasteiger partial charge is 0.443 e. The van der Waals surface area contributed by atoms with Gasteiger partial charge in [0.25, 0.3) is 11.5 Å². The Hall–Kier alpha value is -4.39. The van der Waals surface area contributed by atoms with E-state index in [1.54, 1.807) is 20.8 Å². The summed E-state index contributed by atoms with van der Waals surface area (Å²) >= 11 is 0. The summed E-state index contributed by atoms with van der Waals surface area (Å²) in [5.41, 5.74) is -2.71. The fourth-order valence-corrected chi connectivity index (χ4v) is 5.29. The van der Waals surface area contributed by atoms with Crippen LogP contribution in [0.5, 0.6) is 0 Å². The van der Waals surface area contributed by atoms with Crippen molar-refractivity contribution < 1.29 is 32.6 Å². The Morgan fingerprint density at radius 3 is 2.36 bits per heavy atom. The summed E-state index contributed by atoms with van der Waals surface area (Å²) in [6.45, 7) is 4.82. The van der Waals surface area contributed by atoms with E-state index < -0.39 is 58.4 Å². The van der Waals surface area contributed by atoms with Crippen molar-refractivity contribution in [1.82, 2.24) is 20.4 Å². The van der Waals surface area contributed by atoms with Crippen molar-refractivity contribution in [1.29, 1.82) is 0 Å². The van der Waals surface area contributed by atoms with Crippen LogP contribution < -0.4 is 15.8 Å². The molecule has 13 heteroatoms. The van der Waals surface area contributed by atoms with E-state index in [-0.39, 0.29) is 35.4 Å². The third-order valence-corrected chi connectivity index (χ3v) is 6.95. The lowest BCUT2D eigenvalue weighted by Crippen LogP contribution is -2.62. The van der Waals surface area contributed by atoms with E-state index in [1.807, 2.05) is 0 Å². The number of benzene rings is 2. The van der Waals surface area contributed by atoms with Crippen LogP contribution in [0.3, 0.4) is 0 Å². The number of nitrogens with one attached hydrogen (secondary N) is 2. The van der Waals surface area contributed by atoms with Crippen LogP contribution in [0.1, 0.15) is 44.1 Å². The minimum atomic E-state index is -1.31. The summed E-state index contributed by atoms with van der Waals surface area (Å²) in [4.78, 5) is 55.7. The van der Waals surface area contributed by atoms with Crippen molar-refractivity contribution in [2.75, 3.05) is 18.1 Å². The van der Waals surface area contributed by atoms with Gasteiger partial charge in [-0.15, -0.1) is 0 Å². The number of urea groups is 1. The fourth-order valence-electron chi connectivity index (χ4n) is 5.29. The zero-order chi connectivity index (χ0) is 27.9. The van der Waals surface area contributed by atoms with E-state index in [4.69, 9.17) is 9.47 Å². The monoisotopic (exact) mass is 539 g/mol. The van der Waals surface area contributed by atoms with Crippen LogP contribution in [-0.4, -0.2) is 57.5 Å². The van der Waals surface area contributed by atoms with Gasteiger partial charge in [-0.05, 0) is 50.6 Å². The topological polar surface area (TPSA) is 134 Å². The number of imide groups is 1. The molecule has 3 aliphatic rings. The lowest BCUT2D eigenvalue weighted by atomic mass is 9.86. The summed E-state index contributed by atoms with van der Waals surface area (Å²) in [7, 11) is 0. The zero-order valence-corrected chi connectivity index (χ0v) is 21.1. The molecule has 2 N–H and O–H groups in total. The highest BCUT2D eigenvalue weighted by molar-refractivity contribution is 6.10. The third kappa shape index (κ3) is 3.75. The van der Waals surface area contributed by atoms with Crippen molar-refractivity contribution in [3.05, 3.63) is 69.6 Å². The number of carbonyl (C=O) groups excluding carboxylic acids is 3. The number of ether oxygens (including phenoxy) is 2. The first-order valence-electron chi connectivity index (χ1n) is 12.1. The van der Waals surface area contributed by atoms with Crippen molar-refractivity contribution in [2.24, 2.45) is 0 Å². The van der Waals surface area contributed by atoms with E-state index in [2.05, 4.69) is 15.5 Å². The molecule has 0 aliphatic carbocycles. The Labute approximate surface area is 219 Å². The second-order valence-electron chi connectivity index (χ2n) is 10.8. The van der Waals surface area contributed by atoms with Crippen molar-refractivity contribution in [2.45, 2.75) is 44.0 Å². The summed E-state index contributed by atoms with van der Waals surface area (Å²) < 4.78 is 39.8. The first-order chi connectivity index (χ1) is 18.4. The fraction of sp³-hybridized carbons (Fsp3) is 0.346. The number of aromatic nitrogens is 2. The van der Waals surface area contributed by atoms with E-state index in [0.717, 1.165) is 34.1 Å². The Morgan fingerprint density at radius 2 is 1.77 bits per heavy atom. The van der Waals surface area contributed by atoms with Crippen molar-refractivity contribution in [3.8, 4) is 0 Å². The zero-order valence-electron chi connectivity index (χ0n) is 21.1. The maximum Gasteiger partial charge on any atom is 0.415 e. The minimum Gasteiger partial charge on any atom is -0.443 e. The summed E-state index contributed by atoms with van der Waals surface area (Å²) in [6, 6.07) is 3.81. The average molecular weight is 539 g/mol. The summed E-state index contributed by atoms with van der Waals surface area (Å²) in [5, 5.41) is 9.11. The summed E-state index contributed by atoms with van der Waals surface area (Å²) in [5.74, 6) is -2.00. The number of amides is 4. The van der Waals surface area contributed by atoms with Crippen LogP contribution in [0.4, 0.5) is 24.1 Å². The molecule has 2 aromatic carbocycles. The maximum absolute atomic E-state index is 14.9. The molecular formula is C26H23F2N5O6. The van der Waals surface area contributed by atoms with Crippen LogP contribution in [0.25, 0.3) is 10.8 Å². The summed E-state index contributed by atoms with van der Waals surface area (Å²) in [6.07, 6.45) is -0.937. The molecule has 4 heterocycles. The highest BCUT2D eigenvalue weighted by atomic mass is 19.1. The lowest BCUT2D eigenvalue weighted by Gasteiger charge is -2.44. The second kappa shape index (κ2) is 8.30. The molecule has 0 bridgehead atoms. The highest BCUT2D eigenvalue weighted by Gasteiger charge is 2.61. The van der Waals surface area contributed by atoms with Gasteiger partial charge in [-0.1, -0.05) is 12.1 Å². The normalized spacial score (nSPS) is 21.8. The number of nitrogens with zero attached hydrogens (tertiary/aromatic N) is 3. The Kier molecular flexibility index (Phi) is 5.31. The molecule has 4 amide bonds. The van der Waals surface area contributed by atoms with Gasteiger partial charge in [0.1, 0.15) is 23.3 Å². The van der Waals surface area contributed by atoms with Crippen LogP contribution in [0, 0.1) is 11.6 Å². The number of halogens is 2. The van der Waals surface area contributed by atoms with Gasteiger partial charge in [0.05, 0.1) is 36.0 Å². The van der Waals surface area contributed by atoms with Gasteiger partial charge < -0.3 is 14.8 Å². The molecule has 1 aromatic heterocycles. The maximum atomic E-state index is 14.9. The van der Waals surface area contributed by atoms with E-state index in [1.165, 1.54) is 12.1 Å². The molecule has 39 heavy (non-hydrogen) atoms. The molecule has 2 fully saturated rings. The minimum absolute atomic E-state index is 0.0476. The second-order valence-corrected chi connectivity index (χ2v) is 10.8. The SMILES string of the molecule is CC(C)(C)OC(=O)N1c2cc(F)cc3c(=O)[nH]nc(c23)C(N2C(=O)NC3(COC3)C2=O)C1c1ccc(F)cc1. The first-order valence-corrected chi connectivity index (χ1v) is 12.1. The molecule has 0 saturated carbocycles. The molecule has 1 spiro atoms. The predicted octanol–water partition coefficient (Wildman–Crippen LogP) is 3.06. The molecule has 2 atom stereocenters. The van der Waals surface area contributed by atoms with Crippen LogP contribution in [0.15, 0.2) is 41.2 Å². The number of aromatic amines is 1. The van der Waals surface area contributed by atoms with Crippen molar-refractivity contribution >= 4 is 34.5 Å². The molecular weight excluding hydrogens is 516 g/mol. The van der Waals surface area contributed by atoms with Crippen LogP contribution >= 0.6 is 0 Å². The number of anilines is 1. The van der Waals surface area contributed by atoms with Gasteiger partial charge in [-0.3, -0.25) is 19.4 Å². The first kappa shape index (κ1) is 24.9. The number of H-pyrrole nitrogens is 1. The van der Waals surface area contributed by atoms with Crippen LogP contribution in [0.2, 0.25) is 0 Å². The highest BCUT2D eigenvalue weighted by Crippen LogP contribution is 2.51. The van der Waals surface area contributed by atoms with Gasteiger partial charge in [0.15, 0.2) is 5.54 Å². The predicted molar refractivity (Wildman–Crippen MR) is 132 cm³/mol. The van der Waals surface area contributed by atoms with Gasteiger partial charge in [0.2, 0.25) is 0 Å². The molecule has 2 saturated heterocycles. The molecule has 3 aliphatic heterocycles. The van der Waals surface area contributed by atoms with Gasteiger partial charge in [-0.2, -0.15) is 5.10 Å². The standard InChI is InChI=1S/C26H23F2N5O6/c1-25(2,3)39-24(37)32-16-9-14(28)8-15-17(16)18(30-31-21(15)34)20(19(32)12-4-6-13(27)7-5-12)33-22(35)26(10-38-11-26)29-23(33)36/h4-9,19-20H,10-11H2,1-3H3,(H,29,36)(H,31,34). The van der Waals surface area contributed by atoms with E-state index >= 15 is 0 Å². The van der Waals surface area contributed by atoms with Gasteiger partial charge in [-0.25, -0.2) is 23.5 Å². The molecule has 202 valence electrons. The van der Waals surface area contributed by atoms with Gasteiger partial charge in [0, 0.05) is 5.39 Å². The number of rotatable bonds is 2. The Morgan fingerprint density at radius 1 is 1.08 bits per heavy atom. The molecule has 6 rings (SSSR count). The third-order valence-electron chi connectivity index (χ3n) is 6.95. The number of carbonyl (C=O) groups is 3. The molecule has 0 radical (unpaired) electrons. The number of hydrogen-bond donors (Lipinski definition) is 2. The average Bonchev–Trinajstić information content (AvgIpc) is 3.10. The molecule has 2 unspecified atom stereocenters. The Bertz CT molecular complexity index is 1610. The van der Waals surface area contributed by atoms with Gasteiger partial charge >= 0.3 is 12.1 Å². The smallest absolute Gasteiger partial charge is 0.415 e. The van der Waals surface area contributed by atoms with E-state index in [0.29, 0.717) is 5.56 Å². The lowest BCUT2D eigenvalue weighted by molar-refractivity contribution is -0.149. The van der Waals surface area contributed by atoms with E-state index in [9.17, 15) is 28.0 Å². The van der Waals surface area contributed by atoms with Crippen molar-refractivity contribution in [3.63, 3.8) is 0 Å². The molecule has 3 aromatic rings.